The lowest BCUT2D eigenvalue weighted by Gasteiger charge is -2.14. The van der Waals surface area contributed by atoms with Crippen LogP contribution in [-0.4, -0.2) is 34.6 Å². The summed E-state index contributed by atoms with van der Waals surface area (Å²) < 4.78 is 27.6. The van der Waals surface area contributed by atoms with Gasteiger partial charge in [0.2, 0.25) is 10.0 Å². The Bertz CT molecular complexity index is 878. The number of urea groups is 1. The maximum absolute atomic E-state index is 12.5. The van der Waals surface area contributed by atoms with E-state index in [0.717, 1.165) is 11.3 Å². The highest BCUT2D eigenvalue weighted by Gasteiger charge is 2.14. The van der Waals surface area contributed by atoms with Crippen LogP contribution in [0.2, 0.25) is 0 Å². The van der Waals surface area contributed by atoms with E-state index in [9.17, 15) is 13.2 Å². The van der Waals surface area contributed by atoms with Gasteiger partial charge in [-0.15, -0.1) is 0 Å². The topological polar surface area (TPSA) is 90.5 Å². The predicted octanol–water partition coefficient (Wildman–Crippen LogP) is 2.76. The van der Waals surface area contributed by atoms with Crippen LogP contribution in [-0.2, 0) is 16.6 Å². The molecular formula is C19H26N4O3S. The number of carbonyl (C=O) groups is 1. The van der Waals surface area contributed by atoms with Crippen LogP contribution in [0.1, 0.15) is 19.4 Å². The van der Waals surface area contributed by atoms with Crippen molar-refractivity contribution in [2.75, 3.05) is 24.3 Å². The third kappa shape index (κ3) is 6.26. The minimum Gasteiger partial charge on any atom is -0.378 e. The molecule has 2 aromatic rings. The molecule has 7 nitrogen and oxygen atoms in total. The standard InChI is InChI=1S/C19H26N4O3S/c1-14(2)21-19(24)22-16-8-10-18(11-9-16)27(25,26)20-13-15-6-5-7-17(12-15)23(3)4/h5-12,14,20H,13H2,1-4H3,(H2,21,22,24). The molecule has 0 fully saturated rings. The van der Waals surface area contributed by atoms with Gasteiger partial charge in [0.25, 0.3) is 0 Å². The minimum absolute atomic E-state index is 0.0137. The molecule has 0 spiro atoms. The molecule has 27 heavy (non-hydrogen) atoms. The molecule has 0 aliphatic rings. The molecule has 0 heterocycles. The first-order valence-electron chi connectivity index (χ1n) is 8.61. The number of carbonyl (C=O) groups excluding carboxylic acids is 1. The van der Waals surface area contributed by atoms with Crippen molar-refractivity contribution in [1.29, 1.82) is 0 Å². The lowest BCUT2D eigenvalue weighted by molar-refractivity contribution is 0.250. The second kappa shape index (κ2) is 8.88. The number of benzene rings is 2. The highest BCUT2D eigenvalue weighted by molar-refractivity contribution is 7.89. The zero-order valence-electron chi connectivity index (χ0n) is 16.0. The average Bonchev–Trinajstić information content (AvgIpc) is 2.60. The van der Waals surface area contributed by atoms with Crippen molar-refractivity contribution < 1.29 is 13.2 Å². The number of rotatable bonds is 7. The van der Waals surface area contributed by atoms with E-state index in [2.05, 4.69) is 15.4 Å². The first kappa shape index (κ1) is 20.7. The lowest BCUT2D eigenvalue weighted by Crippen LogP contribution is -2.34. The van der Waals surface area contributed by atoms with Gasteiger partial charge in [0.05, 0.1) is 4.90 Å². The Labute approximate surface area is 160 Å². The van der Waals surface area contributed by atoms with Crippen LogP contribution < -0.4 is 20.3 Å². The summed E-state index contributed by atoms with van der Waals surface area (Å²) >= 11 is 0. The summed E-state index contributed by atoms with van der Waals surface area (Å²) in [6, 6.07) is 13.4. The van der Waals surface area contributed by atoms with Crippen molar-refractivity contribution in [3.63, 3.8) is 0 Å². The van der Waals surface area contributed by atoms with Gasteiger partial charge in [-0.1, -0.05) is 12.1 Å². The molecule has 2 amide bonds. The highest BCUT2D eigenvalue weighted by Crippen LogP contribution is 2.16. The van der Waals surface area contributed by atoms with Crippen LogP contribution >= 0.6 is 0 Å². The van der Waals surface area contributed by atoms with Crippen LogP contribution in [0.5, 0.6) is 0 Å². The van der Waals surface area contributed by atoms with E-state index in [4.69, 9.17) is 0 Å². The zero-order valence-corrected chi connectivity index (χ0v) is 16.8. The Morgan fingerprint density at radius 2 is 1.74 bits per heavy atom. The van der Waals surface area contributed by atoms with E-state index in [1.165, 1.54) is 12.1 Å². The second-order valence-corrected chi connectivity index (χ2v) is 8.43. The quantitative estimate of drug-likeness (QED) is 0.678. The smallest absolute Gasteiger partial charge is 0.319 e. The summed E-state index contributed by atoms with van der Waals surface area (Å²) in [5.74, 6) is 0. The van der Waals surface area contributed by atoms with Crippen LogP contribution in [0, 0.1) is 0 Å². The lowest BCUT2D eigenvalue weighted by atomic mass is 10.2. The fourth-order valence-electron chi connectivity index (χ4n) is 2.35. The maximum Gasteiger partial charge on any atom is 0.319 e. The van der Waals surface area contributed by atoms with Crippen molar-refractivity contribution in [2.24, 2.45) is 0 Å². The number of hydrogen-bond acceptors (Lipinski definition) is 4. The van der Waals surface area contributed by atoms with E-state index in [-0.39, 0.29) is 23.5 Å². The second-order valence-electron chi connectivity index (χ2n) is 6.67. The molecule has 0 bridgehead atoms. The molecule has 0 saturated carbocycles. The first-order chi connectivity index (χ1) is 12.7. The number of amides is 2. The predicted molar refractivity (Wildman–Crippen MR) is 109 cm³/mol. The SMILES string of the molecule is CC(C)NC(=O)Nc1ccc(S(=O)(=O)NCc2cccc(N(C)C)c2)cc1. The average molecular weight is 391 g/mol. The number of nitrogens with zero attached hydrogens (tertiary/aromatic N) is 1. The molecule has 0 aliphatic heterocycles. The van der Waals surface area contributed by atoms with Gasteiger partial charge in [-0.2, -0.15) is 0 Å². The number of sulfonamides is 1. The number of hydrogen-bond donors (Lipinski definition) is 3. The normalized spacial score (nSPS) is 11.3. The largest absolute Gasteiger partial charge is 0.378 e. The molecule has 0 aliphatic carbocycles. The number of nitrogens with one attached hydrogen (secondary N) is 3. The van der Waals surface area contributed by atoms with Gasteiger partial charge in [0, 0.05) is 38.1 Å². The van der Waals surface area contributed by atoms with Crippen LogP contribution in [0.25, 0.3) is 0 Å². The molecule has 3 N–H and O–H groups in total. The monoisotopic (exact) mass is 390 g/mol. The van der Waals surface area contributed by atoms with Crippen LogP contribution in [0.4, 0.5) is 16.2 Å². The molecule has 0 unspecified atom stereocenters. The summed E-state index contributed by atoms with van der Waals surface area (Å²) in [5, 5.41) is 5.36. The van der Waals surface area contributed by atoms with Gasteiger partial charge in [-0.05, 0) is 55.8 Å². The summed E-state index contributed by atoms with van der Waals surface area (Å²) in [7, 11) is 0.214. The Kier molecular flexibility index (Phi) is 6.81. The van der Waals surface area contributed by atoms with Gasteiger partial charge >= 0.3 is 6.03 Å². The van der Waals surface area contributed by atoms with Crippen molar-refractivity contribution in [2.45, 2.75) is 31.3 Å². The minimum atomic E-state index is -3.65. The molecule has 2 aromatic carbocycles. The van der Waals surface area contributed by atoms with E-state index < -0.39 is 10.0 Å². The molecule has 2 rings (SSSR count). The van der Waals surface area contributed by atoms with E-state index >= 15 is 0 Å². The van der Waals surface area contributed by atoms with E-state index in [1.54, 1.807) is 12.1 Å². The van der Waals surface area contributed by atoms with Crippen molar-refractivity contribution in [3.8, 4) is 0 Å². The fourth-order valence-corrected chi connectivity index (χ4v) is 3.37. The Hall–Kier alpha value is -2.58. The van der Waals surface area contributed by atoms with Gasteiger partial charge in [0.1, 0.15) is 0 Å². The van der Waals surface area contributed by atoms with Crippen molar-refractivity contribution in [1.82, 2.24) is 10.0 Å². The summed E-state index contributed by atoms with van der Waals surface area (Å²) in [4.78, 5) is 13.8. The third-order valence-electron chi connectivity index (χ3n) is 3.74. The molecule has 0 atom stereocenters. The molecule has 0 saturated heterocycles. The summed E-state index contributed by atoms with van der Waals surface area (Å²) in [6.45, 7) is 3.91. The van der Waals surface area contributed by atoms with Gasteiger partial charge in [-0.25, -0.2) is 17.9 Å². The summed E-state index contributed by atoms with van der Waals surface area (Å²) in [6.07, 6.45) is 0. The van der Waals surface area contributed by atoms with Crippen molar-refractivity contribution in [3.05, 3.63) is 54.1 Å². The fraction of sp³-hybridized carbons (Fsp3) is 0.316. The molecule has 8 heteroatoms. The first-order valence-corrected chi connectivity index (χ1v) is 10.1. The highest BCUT2D eigenvalue weighted by atomic mass is 32.2. The maximum atomic E-state index is 12.5. The Balaban J connectivity index is 2.02. The number of anilines is 2. The molecule has 0 radical (unpaired) electrons. The van der Waals surface area contributed by atoms with Crippen LogP contribution in [0.3, 0.4) is 0 Å². The molecule has 146 valence electrons. The van der Waals surface area contributed by atoms with Crippen molar-refractivity contribution >= 4 is 27.4 Å². The van der Waals surface area contributed by atoms with Gasteiger partial charge in [0.15, 0.2) is 0 Å². The molecular weight excluding hydrogens is 364 g/mol. The summed E-state index contributed by atoms with van der Waals surface area (Å²) in [5.41, 5.74) is 2.39. The molecule has 0 aromatic heterocycles. The van der Waals surface area contributed by atoms with E-state index in [1.807, 2.05) is 57.1 Å². The Morgan fingerprint density at radius 3 is 2.33 bits per heavy atom. The van der Waals surface area contributed by atoms with Crippen LogP contribution in [0.15, 0.2) is 53.4 Å². The third-order valence-corrected chi connectivity index (χ3v) is 5.15. The zero-order chi connectivity index (χ0) is 20.0. The van der Waals surface area contributed by atoms with Gasteiger partial charge in [-0.3, -0.25) is 0 Å². The van der Waals surface area contributed by atoms with E-state index in [0.29, 0.717) is 5.69 Å². The van der Waals surface area contributed by atoms with Gasteiger partial charge < -0.3 is 15.5 Å². The Morgan fingerprint density at radius 1 is 1.07 bits per heavy atom.